The molecule has 222 valence electrons. The number of nitrogens with zero attached hydrogens (tertiary/aromatic N) is 4. The third kappa shape index (κ3) is 6.37. The Balaban J connectivity index is 1.53. The molecule has 15 heteroatoms. The molecule has 0 aliphatic carbocycles. The number of nitrogen functional groups attached to an aromatic ring is 1. The van der Waals surface area contributed by atoms with E-state index >= 15 is 8.78 Å². The molecule has 10 nitrogen and oxygen atoms in total. The zero-order valence-corrected chi connectivity index (χ0v) is 24.6. The first kappa shape index (κ1) is 30.1. The van der Waals surface area contributed by atoms with Gasteiger partial charge in [0.2, 0.25) is 5.13 Å². The molecule has 0 spiro atoms. The van der Waals surface area contributed by atoms with E-state index in [-0.39, 0.29) is 23.2 Å². The number of aliphatic hydroxyl groups excluding tert-OH is 1. The van der Waals surface area contributed by atoms with Crippen molar-refractivity contribution < 1.29 is 31.8 Å². The van der Waals surface area contributed by atoms with Crippen molar-refractivity contribution in [2.45, 2.75) is 18.0 Å². The number of pyridine rings is 1. The van der Waals surface area contributed by atoms with Crippen LogP contribution in [0, 0.1) is 11.6 Å². The standard InChI is InChI=1S/C28H22ClF2N5O5S2/c1-40-19-7-5-16(17(9-19)14-37)13-36(28-33-15-34-42-28)43(38,39)26-12-21(30)25(11-22(26)31)41-24-8-6-18(29)10-20(24)23-3-2-4-27(32)35-23/h2-12,15,37H,13-14H2,1H3,(H2,32,35). The van der Waals surface area contributed by atoms with E-state index in [0.717, 1.165) is 22.2 Å². The highest BCUT2D eigenvalue weighted by Gasteiger charge is 2.32. The van der Waals surface area contributed by atoms with Crippen molar-refractivity contribution in [3.8, 4) is 28.5 Å². The van der Waals surface area contributed by atoms with Crippen molar-refractivity contribution >= 4 is 44.1 Å². The maximum Gasteiger partial charge on any atom is 0.269 e. The number of methoxy groups -OCH3 is 1. The molecule has 0 radical (unpaired) electrons. The van der Waals surface area contributed by atoms with Gasteiger partial charge in [-0.25, -0.2) is 31.5 Å². The average molecular weight is 646 g/mol. The van der Waals surface area contributed by atoms with Gasteiger partial charge in [-0.1, -0.05) is 23.7 Å². The van der Waals surface area contributed by atoms with E-state index in [0.29, 0.717) is 45.3 Å². The molecule has 0 aliphatic heterocycles. The molecule has 0 saturated carbocycles. The molecule has 3 aromatic carbocycles. The summed E-state index contributed by atoms with van der Waals surface area (Å²) in [6.45, 7) is -0.790. The third-order valence-electron chi connectivity index (χ3n) is 6.22. The van der Waals surface area contributed by atoms with Crippen LogP contribution in [0.2, 0.25) is 5.02 Å². The van der Waals surface area contributed by atoms with Gasteiger partial charge in [-0.3, -0.25) is 0 Å². The van der Waals surface area contributed by atoms with Crippen LogP contribution < -0.4 is 19.5 Å². The molecule has 0 saturated heterocycles. The maximum atomic E-state index is 15.6. The van der Waals surface area contributed by atoms with Crippen LogP contribution in [0.3, 0.4) is 0 Å². The summed E-state index contributed by atoms with van der Waals surface area (Å²) in [5, 5.41) is 10.1. The summed E-state index contributed by atoms with van der Waals surface area (Å²) in [6, 6.07) is 15.2. The van der Waals surface area contributed by atoms with Gasteiger partial charge in [-0.2, -0.15) is 4.37 Å². The summed E-state index contributed by atoms with van der Waals surface area (Å²) in [4.78, 5) is 7.24. The largest absolute Gasteiger partial charge is 0.497 e. The maximum absolute atomic E-state index is 15.6. The number of hydrogen-bond donors (Lipinski definition) is 2. The van der Waals surface area contributed by atoms with Crippen LogP contribution in [0.5, 0.6) is 17.2 Å². The molecule has 0 aliphatic rings. The lowest BCUT2D eigenvalue weighted by molar-refractivity contribution is 0.279. The minimum atomic E-state index is -4.75. The van der Waals surface area contributed by atoms with E-state index < -0.39 is 38.9 Å². The zero-order chi connectivity index (χ0) is 30.7. The molecule has 0 unspecified atom stereocenters. The van der Waals surface area contributed by atoms with Crippen molar-refractivity contribution in [1.29, 1.82) is 0 Å². The molecule has 43 heavy (non-hydrogen) atoms. The Morgan fingerprint density at radius 2 is 1.84 bits per heavy atom. The molecule has 5 rings (SSSR count). The van der Waals surface area contributed by atoms with Crippen molar-refractivity contribution in [3.63, 3.8) is 0 Å². The SMILES string of the molecule is COc1ccc(CN(c2ncns2)S(=O)(=O)c2cc(F)c(Oc3ccc(Cl)cc3-c3cccc(N)n3)cc2F)c(CO)c1. The first-order valence-electron chi connectivity index (χ1n) is 12.4. The topological polar surface area (TPSA) is 141 Å². The van der Waals surface area contributed by atoms with Crippen LogP contribution in [0.25, 0.3) is 11.3 Å². The van der Waals surface area contributed by atoms with Gasteiger partial charge in [0.1, 0.15) is 34.4 Å². The fraction of sp³-hybridized carbons (Fsp3) is 0.107. The van der Waals surface area contributed by atoms with Gasteiger partial charge in [0.05, 0.1) is 26.0 Å². The van der Waals surface area contributed by atoms with Crippen molar-refractivity contribution in [1.82, 2.24) is 14.3 Å². The van der Waals surface area contributed by atoms with Crippen molar-refractivity contribution in [2.24, 2.45) is 0 Å². The van der Waals surface area contributed by atoms with E-state index in [1.54, 1.807) is 30.3 Å². The van der Waals surface area contributed by atoms with E-state index in [1.807, 2.05) is 0 Å². The number of ether oxygens (including phenoxy) is 2. The van der Waals surface area contributed by atoms with Gasteiger partial charge >= 0.3 is 0 Å². The molecule has 0 atom stereocenters. The van der Waals surface area contributed by atoms with Gasteiger partial charge in [-0.05, 0) is 53.6 Å². The van der Waals surface area contributed by atoms with Crippen molar-refractivity contribution in [3.05, 3.63) is 101 Å². The molecule has 5 aromatic rings. The quantitative estimate of drug-likeness (QED) is 0.193. The Morgan fingerprint density at radius 3 is 2.53 bits per heavy atom. The summed E-state index contributed by atoms with van der Waals surface area (Å²) >= 11 is 6.89. The number of hydrogen-bond acceptors (Lipinski definition) is 10. The van der Waals surface area contributed by atoms with Crippen LogP contribution in [-0.4, -0.2) is 35.0 Å². The molecule has 0 amide bonds. The number of halogens is 3. The zero-order valence-electron chi connectivity index (χ0n) is 22.2. The molecule has 3 N–H and O–H groups in total. The second kappa shape index (κ2) is 12.5. The smallest absolute Gasteiger partial charge is 0.269 e. The van der Waals surface area contributed by atoms with Crippen LogP contribution in [0.1, 0.15) is 11.1 Å². The fourth-order valence-corrected chi connectivity index (χ4v) is 6.50. The first-order valence-corrected chi connectivity index (χ1v) is 14.9. The number of aliphatic hydroxyl groups is 1. The van der Waals surface area contributed by atoms with Gasteiger partial charge in [0.25, 0.3) is 10.0 Å². The highest BCUT2D eigenvalue weighted by Crippen LogP contribution is 2.38. The number of nitrogens with two attached hydrogens (primary N) is 1. The molecular weight excluding hydrogens is 624 g/mol. The van der Waals surface area contributed by atoms with Crippen LogP contribution in [-0.2, 0) is 23.2 Å². The van der Waals surface area contributed by atoms with E-state index in [2.05, 4.69) is 14.3 Å². The molecule has 0 fully saturated rings. The van der Waals surface area contributed by atoms with E-state index in [1.165, 1.54) is 31.4 Å². The molecule has 0 bridgehead atoms. The van der Waals surface area contributed by atoms with Crippen LogP contribution >= 0.6 is 23.1 Å². The number of sulfonamides is 1. The van der Waals surface area contributed by atoms with Gasteiger partial charge < -0.3 is 20.3 Å². The Morgan fingerprint density at radius 1 is 1.02 bits per heavy atom. The van der Waals surface area contributed by atoms with Crippen LogP contribution in [0.15, 0.2) is 78.0 Å². The number of anilines is 2. The predicted molar refractivity (Wildman–Crippen MR) is 158 cm³/mol. The highest BCUT2D eigenvalue weighted by atomic mass is 35.5. The fourth-order valence-electron chi connectivity index (χ4n) is 4.13. The second-order valence-electron chi connectivity index (χ2n) is 8.93. The minimum Gasteiger partial charge on any atom is -0.497 e. The Kier molecular flexibility index (Phi) is 8.73. The summed E-state index contributed by atoms with van der Waals surface area (Å²) in [5.74, 6) is -2.28. The summed E-state index contributed by atoms with van der Waals surface area (Å²) in [7, 11) is -3.31. The summed E-state index contributed by atoms with van der Waals surface area (Å²) < 4.78 is 74.1. The third-order valence-corrected chi connectivity index (χ3v) is 9.01. The lowest BCUT2D eigenvalue weighted by Gasteiger charge is -2.23. The van der Waals surface area contributed by atoms with Crippen LogP contribution in [0.4, 0.5) is 19.7 Å². The number of aromatic nitrogens is 3. The lowest BCUT2D eigenvalue weighted by Crippen LogP contribution is -2.31. The molecule has 2 heterocycles. The normalized spacial score (nSPS) is 11.4. The summed E-state index contributed by atoms with van der Waals surface area (Å²) in [5.41, 5.74) is 7.26. The lowest BCUT2D eigenvalue weighted by atomic mass is 10.1. The Labute approximate surface area is 254 Å². The van der Waals surface area contributed by atoms with Gasteiger partial charge in [-0.15, -0.1) is 0 Å². The van der Waals surface area contributed by atoms with E-state index in [9.17, 15) is 13.5 Å². The predicted octanol–water partition coefficient (Wildman–Crippen LogP) is 5.80. The highest BCUT2D eigenvalue weighted by molar-refractivity contribution is 7.93. The van der Waals surface area contributed by atoms with Gasteiger partial charge in [0, 0.05) is 34.3 Å². The first-order chi connectivity index (χ1) is 20.6. The average Bonchev–Trinajstić information content (AvgIpc) is 3.52. The minimum absolute atomic E-state index is 0.0722. The summed E-state index contributed by atoms with van der Waals surface area (Å²) in [6.07, 6.45) is 1.14. The second-order valence-corrected chi connectivity index (χ2v) is 12.0. The Hall–Kier alpha value is -4.37. The van der Waals surface area contributed by atoms with Gasteiger partial charge in [0.15, 0.2) is 11.6 Å². The monoisotopic (exact) mass is 645 g/mol. The Bertz CT molecular complexity index is 1900. The molecule has 2 aromatic heterocycles. The molecular formula is C28H22ClF2N5O5S2. The van der Waals surface area contributed by atoms with Crippen molar-refractivity contribution in [2.75, 3.05) is 17.1 Å². The number of rotatable bonds is 10. The van der Waals surface area contributed by atoms with E-state index in [4.69, 9.17) is 26.8 Å². The number of benzene rings is 3.